The van der Waals surface area contributed by atoms with E-state index in [2.05, 4.69) is 52.5 Å². The highest BCUT2D eigenvalue weighted by atomic mass is 19.1. The number of benzene rings is 8. The summed E-state index contributed by atoms with van der Waals surface area (Å²) in [6.45, 7) is 0.230. The summed E-state index contributed by atoms with van der Waals surface area (Å²) in [7, 11) is 2.10. The molecule has 0 radical (unpaired) electrons. The molecule has 0 spiro atoms. The van der Waals surface area contributed by atoms with Gasteiger partial charge in [0, 0.05) is 81.0 Å². The van der Waals surface area contributed by atoms with Gasteiger partial charge in [-0.1, -0.05) is 79.2 Å². The number of amides is 12. The summed E-state index contributed by atoms with van der Waals surface area (Å²) < 4.78 is 56.5. The lowest BCUT2D eigenvalue weighted by atomic mass is 9.99. The van der Waals surface area contributed by atoms with Crippen molar-refractivity contribution in [2.45, 2.75) is 76.3 Å². The Labute approximate surface area is 690 Å². The highest BCUT2D eigenvalue weighted by molar-refractivity contribution is 6.26. The number of aliphatic carboxylic acids is 1. The second-order valence-corrected chi connectivity index (χ2v) is 27.7. The zero-order chi connectivity index (χ0) is 87.3. The first kappa shape index (κ1) is 85.5. The van der Waals surface area contributed by atoms with E-state index in [1.54, 1.807) is 31.3 Å². The summed E-state index contributed by atoms with van der Waals surface area (Å²) in [5.41, 5.74) is 12.6. The van der Waals surface area contributed by atoms with Crippen molar-refractivity contribution in [2.75, 3.05) is 64.7 Å². The molecule has 2 aromatic heterocycles. The summed E-state index contributed by atoms with van der Waals surface area (Å²) in [5, 5.41) is 31.7. The number of carbonyl (C=O) groups is 14. The third kappa shape index (κ3) is 20.4. The van der Waals surface area contributed by atoms with Crippen LogP contribution in [0.4, 0.5) is 35.9 Å². The van der Waals surface area contributed by atoms with E-state index in [1.165, 1.54) is 80.1 Å². The maximum Gasteiger partial charge on any atom is 0.341 e. The first-order valence-electron chi connectivity index (χ1n) is 38.9. The number of piperidine rings is 2. The number of fused-ring (bicyclic) bond motifs is 4. The highest BCUT2D eigenvalue weighted by Crippen LogP contribution is 2.39. The Morgan fingerprint density at radius 3 is 1.32 bits per heavy atom. The molecule has 11 N–H and O–H groups in total. The van der Waals surface area contributed by atoms with Crippen molar-refractivity contribution >= 4 is 127 Å². The molecule has 8 aromatic carbocycles. The Bertz CT molecular complexity index is 5770. The number of halogens is 3. The number of imide groups is 4. The number of ether oxygens (including phenoxy) is 2. The van der Waals surface area contributed by atoms with Crippen LogP contribution in [0.2, 0.25) is 0 Å². The van der Waals surface area contributed by atoms with Crippen molar-refractivity contribution in [2.24, 2.45) is 5.73 Å². The number of nitrogens with one attached hydrogen (secondary N) is 8. The second-order valence-electron chi connectivity index (χ2n) is 27.7. The van der Waals surface area contributed by atoms with Crippen molar-refractivity contribution in [1.29, 1.82) is 0 Å². The van der Waals surface area contributed by atoms with Crippen LogP contribution in [0.3, 0.4) is 0 Å². The van der Waals surface area contributed by atoms with Crippen molar-refractivity contribution in [3.63, 3.8) is 0 Å². The SMILES string of the molecule is CNC(=O)c1cnc2ccc(-c3ccc(C(=O)NCCCCCC(=O)COc4cccc5c4C(=O)N(C4CCC(=O)NC4=O)C5=O)c(F)c3)cc2c1Nc1ccccc1.CNC(=O)c1cnc2ccc(-c3ccc(C(=O)NCCCCN)c(F)c3)cc2c1Nc1ccccc1.O=C(O)COc1cccc2c1C(=O)N(C1CCC(=O)NC1=O)C2=O.[2H]CF. The zero-order valence-electron chi connectivity index (χ0n) is 66.3. The lowest BCUT2D eigenvalue weighted by Gasteiger charge is -2.27. The van der Waals surface area contributed by atoms with Crippen LogP contribution in [0, 0.1) is 11.6 Å². The van der Waals surface area contributed by atoms with Gasteiger partial charge >= 0.3 is 5.97 Å². The van der Waals surface area contributed by atoms with Crippen LogP contribution in [0.25, 0.3) is 44.1 Å². The number of carboxylic acids is 1. The van der Waals surface area contributed by atoms with Crippen LogP contribution in [-0.4, -0.2) is 174 Å². The van der Waals surface area contributed by atoms with Crippen LogP contribution >= 0.6 is 0 Å². The van der Waals surface area contributed by atoms with Crippen LogP contribution in [-0.2, 0) is 28.8 Å². The number of carbonyl (C=O) groups excluding carboxylic acids is 13. The largest absolute Gasteiger partial charge is 0.485 e. The van der Waals surface area contributed by atoms with Gasteiger partial charge < -0.3 is 52.2 Å². The predicted octanol–water partition coefficient (Wildman–Crippen LogP) is 10.2. The normalized spacial score (nSPS) is 14.5. The molecule has 0 saturated carbocycles. The molecule has 2 unspecified atom stereocenters. The van der Waals surface area contributed by atoms with Gasteiger partial charge in [0.1, 0.15) is 41.8 Å². The van der Waals surface area contributed by atoms with E-state index >= 15 is 4.39 Å². The minimum Gasteiger partial charge on any atom is -0.485 e. The standard InChI is InChI=1S/C44H39FN6O8.C28H28FN5O2.C15H12N2O7.CH3F/c1-46-40(54)32-23-48-34-17-15-25(21-31(34)39(32)49-27-9-4-2-5-10-27)26-14-16-29(33(45)22-26)41(55)47-20-7-3-6-11-28(52)24-59-36-13-8-12-30-38(36)44(58)51(43(30)57)35-18-19-37(53)50-42(35)56;1-31-27(35)23-17-33-25-12-10-18(15-22(25)26(23)34-20-7-3-2-4-8-20)19-9-11-21(24(29)16-19)28(36)32-14-6-5-13-30;18-10-5-4-8(13(21)16-10)17-14(22)7-2-1-3-9(12(7)15(17)23)24-6-11(19)20;1-2/h2,4-5,8-10,12-17,21-23,35H,3,6-7,11,18-20,24H2,1H3,(H,46,54)(H,47,55)(H,48,49)(H,50,53,56);2-4,7-12,15-17H,5-6,13-14,30H2,1H3,(H,31,35)(H,32,36)(H,33,34);1-3,8H,4-6H2,(H,19,20)(H,16,18,21);1H3/i;;;1D. The van der Waals surface area contributed by atoms with Gasteiger partial charge in [-0.2, -0.15) is 0 Å². The minimum atomic E-state index is -1.23. The van der Waals surface area contributed by atoms with Crippen molar-refractivity contribution in [3.8, 4) is 33.8 Å². The fraction of sp³-hybridized carbons (Fsp3) is 0.227. The quantitative estimate of drug-likeness (QED) is 0.0161. The molecule has 30 nitrogen and oxygen atoms in total. The molecule has 2 atom stereocenters. The average Bonchev–Trinajstić information content (AvgIpc) is 1.57. The molecule has 622 valence electrons. The topological polar surface area (TPSA) is 432 Å². The van der Waals surface area contributed by atoms with Gasteiger partial charge in [-0.15, -0.1) is 0 Å². The number of hydrogen-bond acceptors (Lipinski definition) is 21. The molecular formula is C88H82F3N13O17. The zero-order valence-corrected chi connectivity index (χ0v) is 65.3. The van der Waals surface area contributed by atoms with E-state index in [0.717, 1.165) is 39.6 Å². The van der Waals surface area contributed by atoms with E-state index in [1.807, 2.05) is 84.9 Å². The van der Waals surface area contributed by atoms with Crippen molar-refractivity contribution < 1.29 is 96.2 Å². The summed E-state index contributed by atoms with van der Waals surface area (Å²) in [4.78, 5) is 183. The number of para-hydroxylation sites is 2. The lowest BCUT2D eigenvalue weighted by Crippen LogP contribution is -2.54. The number of nitrogens with two attached hydrogens (primary N) is 1. The van der Waals surface area contributed by atoms with Crippen molar-refractivity contribution in [1.82, 2.24) is 51.7 Å². The molecule has 33 heteroatoms. The van der Waals surface area contributed by atoms with Gasteiger partial charge in [-0.3, -0.25) is 97.1 Å². The minimum absolute atomic E-state index is 0.00665. The molecular weight excluding hydrogens is 1570 g/mol. The van der Waals surface area contributed by atoms with Gasteiger partial charge in [-0.05, 0) is 164 Å². The van der Waals surface area contributed by atoms with Gasteiger partial charge in [0.15, 0.2) is 12.4 Å². The Morgan fingerprint density at radius 1 is 0.504 bits per heavy atom. The second kappa shape index (κ2) is 40.3. The Hall–Kier alpha value is -14.9. The number of aromatic nitrogens is 2. The number of anilines is 4. The number of rotatable bonds is 28. The van der Waals surface area contributed by atoms with Crippen molar-refractivity contribution in [3.05, 3.63) is 238 Å². The summed E-state index contributed by atoms with van der Waals surface area (Å²) >= 11 is 0. The van der Waals surface area contributed by atoms with Crippen LogP contribution in [0.1, 0.15) is 148 Å². The molecule has 121 heavy (non-hydrogen) atoms. The summed E-state index contributed by atoms with van der Waals surface area (Å²) in [6, 6.07) is 45.1. The van der Waals surface area contributed by atoms with Crippen LogP contribution < -0.4 is 57.7 Å². The number of nitrogens with zero attached hydrogens (tertiary/aromatic N) is 4. The monoisotopic (exact) mass is 1650 g/mol. The van der Waals surface area contributed by atoms with Gasteiger partial charge in [0.2, 0.25) is 23.6 Å². The maximum absolute atomic E-state index is 15.4. The fourth-order valence-corrected chi connectivity index (χ4v) is 13.8. The number of hydrogen-bond donors (Lipinski definition) is 10. The number of unbranched alkanes of at least 4 members (excludes halogenated alkanes) is 3. The van der Waals surface area contributed by atoms with E-state index in [4.69, 9.17) is 21.7 Å². The maximum atomic E-state index is 15.4. The molecule has 0 aliphatic carbocycles. The molecule has 10 aromatic rings. The van der Waals surface area contributed by atoms with Gasteiger partial charge in [0.05, 0.1) is 75.4 Å². The molecule has 2 saturated heterocycles. The first-order chi connectivity index (χ1) is 58.9. The van der Waals surface area contributed by atoms with E-state index in [-0.39, 0.29) is 108 Å². The molecule has 4 aliphatic rings. The summed E-state index contributed by atoms with van der Waals surface area (Å²) in [6.07, 6.45) is 6.41. The Kier molecular flexibility index (Phi) is 28.5. The van der Waals surface area contributed by atoms with Gasteiger partial charge in [-0.25, -0.2) is 13.6 Å². The van der Waals surface area contributed by atoms with Crippen LogP contribution in [0.5, 0.6) is 11.5 Å². The average molecular weight is 1650 g/mol. The van der Waals surface area contributed by atoms with Crippen LogP contribution in [0.15, 0.2) is 182 Å². The molecule has 0 bridgehead atoms. The first-order valence-corrected chi connectivity index (χ1v) is 38.2. The molecule has 4 aliphatic heterocycles. The third-order valence-electron chi connectivity index (χ3n) is 19.8. The summed E-state index contributed by atoms with van der Waals surface area (Å²) in [5.74, 6) is -9.61. The molecule has 2 fully saturated rings. The smallest absolute Gasteiger partial charge is 0.341 e. The fourth-order valence-electron chi connectivity index (χ4n) is 13.8. The molecule has 12 amide bonds. The lowest BCUT2D eigenvalue weighted by molar-refractivity contribution is -0.139. The Balaban J connectivity index is 0.000000194. The number of ketones is 1. The number of pyridine rings is 2. The molecule has 14 rings (SSSR count). The van der Waals surface area contributed by atoms with Gasteiger partial charge in [0.25, 0.3) is 47.3 Å². The van der Waals surface area contributed by atoms with E-state index in [9.17, 15) is 75.9 Å². The number of alkyl halides is 1. The third-order valence-corrected chi connectivity index (χ3v) is 19.8. The number of carboxylic acid groups (broad SMARTS) is 1. The Morgan fingerprint density at radius 2 is 0.917 bits per heavy atom. The highest BCUT2D eigenvalue weighted by Gasteiger charge is 2.48. The van der Waals surface area contributed by atoms with E-state index in [0.29, 0.717) is 93.3 Å². The number of Topliss-reactive ketones (excluding diaryl/α,β-unsaturated/α-hetero) is 1. The molecule has 6 heterocycles. The van der Waals surface area contributed by atoms with E-state index < -0.39 is 103 Å². The predicted molar refractivity (Wildman–Crippen MR) is 439 cm³/mol.